The fourth-order valence-corrected chi connectivity index (χ4v) is 3.08. The van der Waals surface area contributed by atoms with Crippen LogP contribution in [-0.2, 0) is 26.1 Å². The van der Waals surface area contributed by atoms with Crippen LogP contribution in [0.3, 0.4) is 0 Å². The number of esters is 2. The maximum Gasteiger partial charge on any atom is 0.374 e. The van der Waals surface area contributed by atoms with E-state index >= 15 is 0 Å². The molecule has 0 aliphatic carbocycles. The van der Waals surface area contributed by atoms with Gasteiger partial charge >= 0.3 is 11.9 Å². The number of hydrogen-bond donors (Lipinski definition) is 0. The van der Waals surface area contributed by atoms with Gasteiger partial charge in [-0.25, -0.2) is 22.3 Å². The molecule has 8 nitrogen and oxygen atoms in total. The molecule has 1 heterocycles. The lowest BCUT2D eigenvalue weighted by molar-refractivity contribution is 0.0438. The molecule has 0 aliphatic rings. The third kappa shape index (κ3) is 4.12. The van der Waals surface area contributed by atoms with Crippen LogP contribution < -0.4 is 0 Å². The van der Waals surface area contributed by atoms with Crippen molar-refractivity contribution in [1.82, 2.24) is 4.31 Å². The molecule has 0 saturated heterocycles. The van der Waals surface area contributed by atoms with Crippen LogP contribution in [0.15, 0.2) is 39.6 Å². The van der Waals surface area contributed by atoms with Crippen molar-refractivity contribution >= 4 is 22.0 Å². The molecule has 2 aromatic rings. The Labute approximate surface area is 151 Å². The monoisotopic (exact) mass is 381 g/mol. The van der Waals surface area contributed by atoms with Gasteiger partial charge in [-0.2, -0.15) is 0 Å². The number of methoxy groups -OCH3 is 1. The quantitative estimate of drug-likeness (QED) is 0.705. The van der Waals surface area contributed by atoms with Crippen molar-refractivity contribution in [2.24, 2.45) is 0 Å². The number of hydrogen-bond acceptors (Lipinski definition) is 7. The number of carbonyl (C=O) groups is 2. The molecule has 0 saturated carbocycles. The largest absolute Gasteiger partial charge is 0.463 e. The van der Waals surface area contributed by atoms with E-state index in [-0.39, 0.29) is 28.6 Å². The Bertz CT molecular complexity index is 928. The third-order valence-corrected chi connectivity index (χ3v) is 5.34. The van der Waals surface area contributed by atoms with Crippen LogP contribution in [0.1, 0.15) is 32.2 Å². The standard InChI is InChI=1S/C17H19NO7S/c1-11-8-13(25-15(11)17(20)23-4)10-24-16(19)12-6-5-7-14(9-12)26(21,22)18(2)3/h5-9H,10H2,1-4H3. The highest BCUT2D eigenvalue weighted by atomic mass is 32.2. The zero-order valence-electron chi connectivity index (χ0n) is 14.8. The highest BCUT2D eigenvalue weighted by Gasteiger charge is 2.20. The van der Waals surface area contributed by atoms with Crippen molar-refractivity contribution in [3.05, 3.63) is 53.0 Å². The van der Waals surface area contributed by atoms with Gasteiger partial charge in [0, 0.05) is 19.7 Å². The lowest BCUT2D eigenvalue weighted by Gasteiger charge is -2.12. The minimum Gasteiger partial charge on any atom is -0.463 e. The van der Waals surface area contributed by atoms with Gasteiger partial charge < -0.3 is 13.9 Å². The molecule has 0 radical (unpaired) electrons. The van der Waals surface area contributed by atoms with Crippen molar-refractivity contribution in [3.8, 4) is 0 Å². The number of rotatable bonds is 6. The van der Waals surface area contributed by atoms with E-state index in [9.17, 15) is 18.0 Å². The van der Waals surface area contributed by atoms with E-state index in [1.165, 1.54) is 45.5 Å². The van der Waals surface area contributed by atoms with Crippen molar-refractivity contribution in [3.63, 3.8) is 0 Å². The molecule has 1 aromatic carbocycles. The Morgan fingerprint density at radius 2 is 1.85 bits per heavy atom. The van der Waals surface area contributed by atoms with Gasteiger partial charge in [0.15, 0.2) is 0 Å². The molecule has 0 fully saturated rings. The van der Waals surface area contributed by atoms with Crippen molar-refractivity contribution in [1.29, 1.82) is 0 Å². The van der Waals surface area contributed by atoms with Crippen LogP contribution in [0.25, 0.3) is 0 Å². The van der Waals surface area contributed by atoms with Crippen LogP contribution in [0.4, 0.5) is 0 Å². The van der Waals surface area contributed by atoms with Gasteiger partial charge in [-0.15, -0.1) is 0 Å². The predicted molar refractivity (Wildman–Crippen MR) is 91.2 cm³/mol. The number of furan rings is 1. The first-order chi connectivity index (χ1) is 12.2. The Morgan fingerprint density at radius 1 is 1.15 bits per heavy atom. The lowest BCUT2D eigenvalue weighted by Crippen LogP contribution is -2.22. The fraction of sp³-hybridized carbons (Fsp3) is 0.294. The summed E-state index contributed by atoms with van der Waals surface area (Å²) < 4.78 is 40.3. The van der Waals surface area contributed by atoms with Crippen LogP contribution in [0.2, 0.25) is 0 Å². The second-order valence-electron chi connectivity index (χ2n) is 5.61. The first kappa shape index (κ1) is 19.7. The molecule has 140 valence electrons. The maximum absolute atomic E-state index is 12.2. The number of aryl methyl sites for hydroxylation is 1. The Morgan fingerprint density at radius 3 is 2.46 bits per heavy atom. The molecule has 0 bridgehead atoms. The van der Waals surface area contributed by atoms with Gasteiger partial charge in [-0.05, 0) is 31.2 Å². The summed E-state index contributed by atoms with van der Waals surface area (Å²) in [5.74, 6) is -1.03. The Hall–Kier alpha value is -2.65. The molecular weight excluding hydrogens is 362 g/mol. The molecule has 0 unspecified atom stereocenters. The summed E-state index contributed by atoms with van der Waals surface area (Å²) in [6.45, 7) is 1.46. The summed E-state index contributed by atoms with van der Waals surface area (Å²) >= 11 is 0. The summed E-state index contributed by atoms with van der Waals surface area (Å²) in [4.78, 5) is 23.7. The minimum atomic E-state index is -3.66. The van der Waals surface area contributed by atoms with Crippen molar-refractivity contribution < 1.29 is 31.9 Å². The first-order valence-electron chi connectivity index (χ1n) is 7.54. The van der Waals surface area contributed by atoms with Gasteiger partial charge in [0.2, 0.25) is 15.8 Å². The molecule has 1 aromatic heterocycles. The summed E-state index contributed by atoms with van der Waals surface area (Å²) in [7, 11) is 0.378. The Balaban J connectivity index is 2.13. The molecular formula is C17H19NO7S. The van der Waals surface area contributed by atoms with E-state index in [0.29, 0.717) is 5.56 Å². The summed E-state index contributed by atoms with van der Waals surface area (Å²) in [6.07, 6.45) is 0. The molecule has 0 spiro atoms. The lowest BCUT2D eigenvalue weighted by atomic mass is 10.2. The molecule has 0 aliphatic heterocycles. The summed E-state index contributed by atoms with van der Waals surface area (Å²) in [6, 6.07) is 7.10. The zero-order chi connectivity index (χ0) is 19.5. The summed E-state index contributed by atoms with van der Waals surface area (Å²) in [5.41, 5.74) is 0.645. The van der Waals surface area contributed by atoms with Crippen molar-refractivity contribution in [2.45, 2.75) is 18.4 Å². The third-order valence-electron chi connectivity index (χ3n) is 3.53. The molecule has 0 N–H and O–H groups in total. The topological polar surface area (TPSA) is 103 Å². The van der Waals surface area contributed by atoms with E-state index in [4.69, 9.17) is 9.15 Å². The summed E-state index contributed by atoms with van der Waals surface area (Å²) in [5, 5.41) is 0. The zero-order valence-corrected chi connectivity index (χ0v) is 15.6. The second kappa shape index (κ2) is 7.71. The smallest absolute Gasteiger partial charge is 0.374 e. The van der Waals surface area contributed by atoms with E-state index in [1.54, 1.807) is 13.0 Å². The number of benzene rings is 1. The van der Waals surface area contributed by atoms with Gasteiger partial charge in [-0.1, -0.05) is 6.07 Å². The normalized spacial score (nSPS) is 11.4. The highest BCUT2D eigenvalue weighted by Crippen LogP contribution is 2.18. The molecule has 26 heavy (non-hydrogen) atoms. The number of ether oxygens (including phenoxy) is 2. The van der Waals surface area contributed by atoms with Crippen LogP contribution in [0.5, 0.6) is 0 Å². The fourth-order valence-electron chi connectivity index (χ4n) is 2.13. The van der Waals surface area contributed by atoms with E-state index < -0.39 is 22.0 Å². The van der Waals surface area contributed by atoms with Gasteiger partial charge in [-0.3, -0.25) is 0 Å². The average Bonchev–Trinajstić information content (AvgIpc) is 2.99. The van der Waals surface area contributed by atoms with Crippen molar-refractivity contribution in [2.75, 3.05) is 21.2 Å². The molecule has 9 heteroatoms. The first-order valence-corrected chi connectivity index (χ1v) is 8.98. The molecule has 2 rings (SSSR count). The SMILES string of the molecule is COC(=O)c1oc(COC(=O)c2cccc(S(=O)(=O)N(C)C)c2)cc1C. The Kier molecular flexibility index (Phi) is 5.83. The van der Waals surface area contributed by atoms with Crippen LogP contribution in [-0.4, -0.2) is 45.9 Å². The van der Waals surface area contributed by atoms with Crippen LogP contribution in [0, 0.1) is 6.92 Å². The number of carbonyl (C=O) groups excluding carboxylic acids is 2. The predicted octanol–water partition coefficient (Wildman–Crippen LogP) is 1.98. The number of sulfonamides is 1. The average molecular weight is 381 g/mol. The second-order valence-corrected chi connectivity index (χ2v) is 7.76. The van der Waals surface area contributed by atoms with Gasteiger partial charge in [0.25, 0.3) is 0 Å². The van der Waals surface area contributed by atoms with E-state index in [0.717, 1.165) is 4.31 Å². The van der Waals surface area contributed by atoms with Crippen LogP contribution >= 0.6 is 0 Å². The van der Waals surface area contributed by atoms with Gasteiger partial charge in [0.1, 0.15) is 12.4 Å². The van der Waals surface area contributed by atoms with E-state index in [2.05, 4.69) is 4.74 Å². The van der Waals surface area contributed by atoms with Gasteiger partial charge in [0.05, 0.1) is 17.6 Å². The van der Waals surface area contributed by atoms with E-state index in [1.807, 2.05) is 0 Å². The molecule has 0 atom stereocenters. The minimum absolute atomic E-state index is 0.0150. The maximum atomic E-state index is 12.2. The highest BCUT2D eigenvalue weighted by molar-refractivity contribution is 7.89. The number of nitrogens with zero attached hydrogens (tertiary/aromatic N) is 1. The molecule has 0 amide bonds.